The third-order valence-corrected chi connectivity index (χ3v) is 11.7. The van der Waals surface area contributed by atoms with Crippen LogP contribution < -0.4 is 0 Å². The molecule has 0 bridgehead atoms. The largest absolute Gasteiger partial charge is 0.447 e. The summed E-state index contributed by atoms with van der Waals surface area (Å²) in [5, 5.41) is 22.5. The minimum Gasteiger partial charge on any atom is -0.447 e. The first-order chi connectivity index (χ1) is 15.7. The zero-order chi connectivity index (χ0) is 24.2. The van der Waals surface area contributed by atoms with Gasteiger partial charge in [0.1, 0.15) is 18.3 Å². The van der Waals surface area contributed by atoms with Gasteiger partial charge in [-0.25, -0.2) is 9.69 Å². The Balaban J connectivity index is 1.93. The molecular formula is C23H32N2O7Si. The van der Waals surface area contributed by atoms with Crippen LogP contribution in [0.1, 0.15) is 45.3 Å². The topological polar surface area (TPSA) is 119 Å². The number of amides is 2. The van der Waals surface area contributed by atoms with Crippen molar-refractivity contribution in [2.75, 3.05) is 13.2 Å². The Hall–Kier alpha value is -2.56. The smallest absolute Gasteiger partial charge is 0.416 e. The van der Waals surface area contributed by atoms with Crippen LogP contribution in [0, 0.1) is 16.0 Å². The summed E-state index contributed by atoms with van der Waals surface area (Å²) in [5.41, 5.74) is -0.584. The molecule has 3 atom stereocenters. The van der Waals surface area contributed by atoms with Crippen molar-refractivity contribution >= 4 is 26.0 Å². The van der Waals surface area contributed by atoms with E-state index in [9.17, 15) is 24.8 Å². The number of benzene rings is 1. The number of nitro benzene ring substituents is 1. The van der Waals surface area contributed by atoms with E-state index in [1.807, 2.05) is 0 Å². The fraction of sp³-hybridized carbons (Fsp3) is 0.565. The fourth-order valence-corrected chi connectivity index (χ4v) is 7.66. The highest BCUT2D eigenvalue weighted by Crippen LogP contribution is 2.44. The number of hydrogen-bond acceptors (Lipinski definition) is 7. The number of cyclic esters (lactones) is 1. The van der Waals surface area contributed by atoms with Gasteiger partial charge in [-0.2, -0.15) is 0 Å². The number of nitrogens with zero attached hydrogens (tertiary/aromatic N) is 2. The summed E-state index contributed by atoms with van der Waals surface area (Å²) in [5.74, 6) is -0.811. The lowest BCUT2D eigenvalue weighted by molar-refractivity contribution is -0.384. The number of aliphatic hydroxyl groups is 1. The van der Waals surface area contributed by atoms with Crippen molar-refractivity contribution < 1.29 is 28.8 Å². The molecule has 1 fully saturated rings. The van der Waals surface area contributed by atoms with E-state index in [2.05, 4.69) is 20.8 Å². The van der Waals surface area contributed by atoms with Gasteiger partial charge >= 0.3 is 6.09 Å². The van der Waals surface area contributed by atoms with Crippen LogP contribution >= 0.6 is 0 Å². The number of non-ortho nitro benzene ring substituents is 1. The second kappa shape index (κ2) is 10.1. The molecule has 0 spiro atoms. The maximum absolute atomic E-state index is 12.8. The molecule has 33 heavy (non-hydrogen) atoms. The standard InChI is InChI=1S/C23H32N2O7Si/c1-4-33(5-2,6-3)32-23(20(26)17-7-9-19(10-8-17)25(29)30)13-11-18(12-14-23)21(27)24-15-16-31-22(24)28/h7-11,13,18,20,26H,4-6,12,14-16H2,1-3H3/t18-,20+,23+/m0/s1. The molecule has 1 heterocycles. The third-order valence-electron chi connectivity index (χ3n) is 7.02. The molecule has 1 aliphatic carbocycles. The monoisotopic (exact) mass is 476 g/mol. The average Bonchev–Trinajstić information content (AvgIpc) is 3.28. The van der Waals surface area contributed by atoms with Gasteiger partial charge in [-0.15, -0.1) is 0 Å². The van der Waals surface area contributed by atoms with Crippen LogP contribution in [0.3, 0.4) is 0 Å². The minimum atomic E-state index is -2.18. The average molecular weight is 477 g/mol. The fourth-order valence-electron chi connectivity index (χ4n) is 4.64. The van der Waals surface area contributed by atoms with Crippen LogP contribution in [0.25, 0.3) is 0 Å². The molecule has 1 N–H and O–H groups in total. The van der Waals surface area contributed by atoms with E-state index in [1.165, 1.54) is 12.1 Å². The summed E-state index contributed by atoms with van der Waals surface area (Å²) in [4.78, 5) is 36.3. The quantitative estimate of drug-likeness (QED) is 0.244. The van der Waals surface area contributed by atoms with Crippen molar-refractivity contribution in [2.24, 2.45) is 5.92 Å². The van der Waals surface area contributed by atoms with Crippen LogP contribution in [0.2, 0.25) is 18.1 Å². The molecule has 1 aliphatic heterocycles. The lowest BCUT2D eigenvalue weighted by Crippen LogP contribution is -2.51. The number of imide groups is 1. The van der Waals surface area contributed by atoms with Crippen molar-refractivity contribution in [1.82, 2.24) is 4.90 Å². The highest BCUT2D eigenvalue weighted by Gasteiger charge is 2.47. The molecule has 0 unspecified atom stereocenters. The Kier molecular flexibility index (Phi) is 7.71. The zero-order valence-electron chi connectivity index (χ0n) is 19.4. The van der Waals surface area contributed by atoms with Gasteiger partial charge in [0.25, 0.3) is 5.69 Å². The summed E-state index contributed by atoms with van der Waals surface area (Å²) in [6.45, 7) is 6.74. The van der Waals surface area contributed by atoms with Crippen molar-refractivity contribution in [2.45, 2.75) is 63.5 Å². The maximum Gasteiger partial charge on any atom is 0.416 e. The molecular weight excluding hydrogens is 444 g/mol. The molecule has 2 aliphatic rings. The lowest BCUT2D eigenvalue weighted by Gasteiger charge is -2.46. The van der Waals surface area contributed by atoms with Crippen LogP contribution in [0.4, 0.5) is 10.5 Å². The second-order valence-corrected chi connectivity index (χ2v) is 13.4. The van der Waals surface area contributed by atoms with Gasteiger partial charge in [0.15, 0.2) is 8.32 Å². The molecule has 0 radical (unpaired) electrons. The van der Waals surface area contributed by atoms with Gasteiger partial charge in [0.2, 0.25) is 5.91 Å². The number of hydrogen-bond donors (Lipinski definition) is 1. The predicted octanol–water partition coefficient (Wildman–Crippen LogP) is 4.33. The summed E-state index contributed by atoms with van der Waals surface area (Å²) >= 11 is 0. The molecule has 0 saturated carbocycles. The summed E-state index contributed by atoms with van der Waals surface area (Å²) in [6.07, 6.45) is 2.61. The predicted molar refractivity (Wildman–Crippen MR) is 124 cm³/mol. The molecule has 2 amide bonds. The molecule has 180 valence electrons. The van der Waals surface area contributed by atoms with Gasteiger partial charge in [-0.1, -0.05) is 32.9 Å². The number of carbonyl (C=O) groups is 2. The van der Waals surface area contributed by atoms with Crippen molar-refractivity contribution in [3.63, 3.8) is 0 Å². The first kappa shape index (κ1) is 25.1. The van der Waals surface area contributed by atoms with Gasteiger partial charge in [0.05, 0.1) is 17.4 Å². The van der Waals surface area contributed by atoms with Gasteiger partial charge in [0, 0.05) is 12.1 Å². The van der Waals surface area contributed by atoms with E-state index in [4.69, 9.17) is 9.16 Å². The number of aliphatic hydroxyl groups excluding tert-OH is 1. The van der Waals surface area contributed by atoms with Gasteiger partial charge < -0.3 is 14.3 Å². The molecule has 1 saturated heterocycles. The number of rotatable bonds is 9. The minimum absolute atomic E-state index is 0.0531. The van der Waals surface area contributed by atoms with Crippen LogP contribution in [-0.2, 0) is 14.0 Å². The molecule has 1 aromatic carbocycles. The van der Waals surface area contributed by atoms with Crippen LogP contribution in [0.15, 0.2) is 36.4 Å². The first-order valence-corrected chi connectivity index (χ1v) is 14.0. The van der Waals surface area contributed by atoms with Crippen molar-refractivity contribution in [3.8, 4) is 0 Å². The Morgan fingerprint density at radius 2 is 1.94 bits per heavy atom. The van der Waals surface area contributed by atoms with Crippen molar-refractivity contribution in [1.29, 1.82) is 0 Å². The van der Waals surface area contributed by atoms with Gasteiger partial charge in [-0.05, 0) is 48.7 Å². The van der Waals surface area contributed by atoms with Crippen molar-refractivity contribution in [3.05, 3.63) is 52.1 Å². The van der Waals surface area contributed by atoms with Gasteiger partial charge in [-0.3, -0.25) is 14.9 Å². The van der Waals surface area contributed by atoms with Crippen LogP contribution in [0.5, 0.6) is 0 Å². The number of ether oxygens (including phenoxy) is 1. The Labute approximate surface area is 194 Å². The third kappa shape index (κ3) is 5.02. The number of carbonyl (C=O) groups excluding carboxylic acids is 2. The van der Waals surface area contributed by atoms with E-state index >= 15 is 0 Å². The Morgan fingerprint density at radius 3 is 2.39 bits per heavy atom. The molecule has 1 aromatic rings. The van der Waals surface area contributed by atoms with E-state index in [0.29, 0.717) is 18.4 Å². The molecule has 0 aromatic heterocycles. The Bertz CT molecular complexity index is 908. The lowest BCUT2D eigenvalue weighted by atomic mass is 9.79. The normalized spacial score (nSPS) is 23.9. The highest BCUT2D eigenvalue weighted by atomic mass is 28.4. The van der Waals surface area contributed by atoms with E-state index in [0.717, 1.165) is 23.0 Å². The van der Waals surface area contributed by atoms with E-state index < -0.39 is 37.0 Å². The summed E-state index contributed by atoms with van der Waals surface area (Å²) in [7, 11) is -2.18. The number of nitro groups is 1. The Morgan fingerprint density at radius 1 is 1.30 bits per heavy atom. The molecule has 9 nitrogen and oxygen atoms in total. The first-order valence-electron chi connectivity index (χ1n) is 11.5. The molecule has 10 heteroatoms. The SMILES string of the molecule is CC[Si](CC)(CC)O[C@]1([C@H](O)c2ccc([N+](=O)[O-])cc2)C=C[C@H](C(=O)N2CCOC2=O)CC1. The van der Waals surface area contributed by atoms with E-state index in [-0.39, 0.29) is 24.7 Å². The maximum atomic E-state index is 12.8. The molecule has 3 rings (SSSR count). The summed E-state index contributed by atoms with van der Waals surface area (Å²) < 4.78 is 11.7. The summed E-state index contributed by atoms with van der Waals surface area (Å²) in [6, 6.07) is 8.47. The second-order valence-electron chi connectivity index (χ2n) is 8.66. The van der Waals surface area contributed by atoms with E-state index in [1.54, 1.807) is 24.3 Å². The van der Waals surface area contributed by atoms with Crippen LogP contribution in [-0.4, -0.2) is 54.0 Å². The zero-order valence-corrected chi connectivity index (χ0v) is 20.4. The highest BCUT2D eigenvalue weighted by molar-refractivity contribution is 6.73.